The van der Waals surface area contributed by atoms with Crippen molar-refractivity contribution in [3.05, 3.63) is 0 Å². The van der Waals surface area contributed by atoms with E-state index in [4.69, 9.17) is 9.84 Å². The number of carboxylic acid groups (broad SMARTS) is 1. The van der Waals surface area contributed by atoms with Gasteiger partial charge in [-0.25, -0.2) is 0 Å². The quantitative estimate of drug-likeness (QED) is 0.527. The highest BCUT2D eigenvalue weighted by atomic mass is 16.5. The van der Waals surface area contributed by atoms with Gasteiger partial charge < -0.3 is 20.5 Å². The maximum atomic E-state index is 11.2. The standard InChI is InChI=1S/C9H16N2O4/c1-9(5-10-6-9)15-4-7(12)11-3-2-8(13)14/h10H,2-6H2,1H3,(H,11,12)(H,13,14). The van der Waals surface area contributed by atoms with Crippen molar-refractivity contribution < 1.29 is 19.4 Å². The molecule has 1 saturated heterocycles. The second kappa shape index (κ2) is 5.09. The molecular weight excluding hydrogens is 200 g/mol. The second-order valence-electron chi connectivity index (χ2n) is 3.84. The van der Waals surface area contributed by atoms with E-state index in [0.29, 0.717) is 0 Å². The van der Waals surface area contributed by atoms with E-state index in [0.717, 1.165) is 13.1 Å². The zero-order chi connectivity index (χ0) is 11.3. The molecule has 6 heteroatoms. The van der Waals surface area contributed by atoms with Gasteiger partial charge in [0.1, 0.15) is 6.61 Å². The number of hydrogen-bond donors (Lipinski definition) is 3. The summed E-state index contributed by atoms with van der Waals surface area (Å²) >= 11 is 0. The van der Waals surface area contributed by atoms with Crippen LogP contribution in [0.2, 0.25) is 0 Å². The average Bonchev–Trinajstić information content (AvgIpc) is 2.11. The van der Waals surface area contributed by atoms with Gasteiger partial charge in [0.25, 0.3) is 0 Å². The summed E-state index contributed by atoms with van der Waals surface area (Å²) in [5.74, 6) is -1.20. The molecule has 0 saturated carbocycles. The monoisotopic (exact) mass is 216 g/mol. The van der Waals surface area contributed by atoms with Crippen LogP contribution in [-0.4, -0.2) is 48.8 Å². The molecule has 0 aromatic rings. The van der Waals surface area contributed by atoms with E-state index in [1.54, 1.807) is 0 Å². The number of ether oxygens (including phenoxy) is 1. The predicted octanol–water partition coefficient (Wildman–Crippen LogP) is -1.04. The largest absolute Gasteiger partial charge is 0.481 e. The Balaban J connectivity index is 2.05. The molecule has 15 heavy (non-hydrogen) atoms. The molecule has 1 aliphatic heterocycles. The van der Waals surface area contributed by atoms with Crippen LogP contribution in [0.5, 0.6) is 0 Å². The summed E-state index contributed by atoms with van der Waals surface area (Å²) in [5, 5.41) is 13.9. The smallest absolute Gasteiger partial charge is 0.305 e. The Morgan fingerprint density at radius 1 is 1.53 bits per heavy atom. The highest BCUT2D eigenvalue weighted by molar-refractivity contribution is 5.77. The molecule has 1 amide bonds. The SMILES string of the molecule is CC1(OCC(=O)NCCC(=O)O)CNC1. The first-order valence-electron chi connectivity index (χ1n) is 4.85. The molecule has 0 bridgehead atoms. The molecule has 86 valence electrons. The molecule has 0 spiro atoms. The van der Waals surface area contributed by atoms with Crippen molar-refractivity contribution in [2.45, 2.75) is 18.9 Å². The number of carboxylic acids is 1. The van der Waals surface area contributed by atoms with Crippen molar-refractivity contribution >= 4 is 11.9 Å². The van der Waals surface area contributed by atoms with Crippen LogP contribution in [0.1, 0.15) is 13.3 Å². The van der Waals surface area contributed by atoms with Crippen molar-refractivity contribution in [2.24, 2.45) is 0 Å². The fourth-order valence-corrected chi connectivity index (χ4v) is 1.18. The van der Waals surface area contributed by atoms with Crippen LogP contribution in [0.25, 0.3) is 0 Å². The van der Waals surface area contributed by atoms with Crippen LogP contribution in [-0.2, 0) is 14.3 Å². The predicted molar refractivity (Wildman–Crippen MR) is 52.5 cm³/mol. The fraction of sp³-hybridized carbons (Fsp3) is 0.778. The summed E-state index contributed by atoms with van der Waals surface area (Å²) in [4.78, 5) is 21.3. The first-order valence-corrected chi connectivity index (χ1v) is 4.85. The van der Waals surface area contributed by atoms with E-state index in [1.165, 1.54) is 0 Å². The number of amides is 1. The summed E-state index contributed by atoms with van der Waals surface area (Å²) in [7, 11) is 0. The van der Waals surface area contributed by atoms with E-state index in [-0.39, 0.29) is 31.1 Å². The summed E-state index contributed by atoms with van der Waals surface area (Å²) in [6, 6.07) is 0. The molecule has 1 rings (SSSR count). The molecule has 3 N–H and O–H groups in total. The van der Waals surface area contributed by atoms with Crippen LogP contribution >= 0.6 is 0 Å². The molecule has 0 radical (unpaired) electrons. The van der Waals surface area contributed by atoms with Gasteiger partial charge in [0.2, 0.25) is 5.91 Å². The van der Waals surface area contributed by atoms with Crippen molar-refractivity contribution in [3.8, 4) is 0 Å². The summed E-state index contributed by atoms with van der Waals surface area (Å²) in [6.07, 6.45) is -0.0649. The highest BCUT2D eigenvalue weighted by Crippen LogP contribution is 2.14. The van der Waals surface area contributed by atoms with Gasteiger partial charge in [-0.05, 0) is 6.92 Å². The van der Waals surface area contributed by atoms with Gasteiger partial charge in [-0.15, -0.1) is 0 Å². The van der Waals surface area contributed by atoms with E-state index in [2.05, 4.69) is 10.6 Å². The minimum absolute atomic E-state index is 0.0161. The Bertz CT molecular complexity index is 250. The van der Waals surface area contributed by atoms with Gasteiger partial charge in [-0.2, -0.15) is 0 Å². The van der Waals surface area contributed by atoms with Crippen molar-refractivity contribution in [2.75, 3.05) is 26.2 Å². The summed E-state index contributed by atoms with van der Waals surface area (Å²) in [6.45, 7) is 3.54. The third-order valence-electron chi connectivity index (χ3n) is 2.21. The molecule has 1 fully saturated rings. The number of aliphatic carboxylic acids is 1. The zero-order valence-electron chi connectivity index (χ0n) is 8.71. The van der Waals surface area contributed by atoms with Gasteiger partial charge >= 0.3 is 5.97 Å². The van der Waals surface area contributed by atoms with Crippen molar-refractivity contribution in [1.82, 2.24) is 10.6 Å². The lowest BCUT2D eigenvalue weighted by molar-refractivity contribution is -0.138. The average molecular weight is 216 g/mol. The molecule has 0 aromatic carbocycles. The Hall–Kier alpha value is -1.14. The lowest BCUT2D eigenvalue weighted by Crippen LogP contribution is -2.59. The van der Waals surface area contributed by atoms with Gasteiger partial charge in [0.05, 0.1) is 12.0 Å². The summed E-state index contributed by atoms with van der Waals surface area (Å²) < 4.78 is 5.36. The zero-order valence-corrected chi connectivity index (χ0v) is 8.71. The highest BCUT2D eigenvalue weighted by Gasteiger charge is 2.32. The Morgan fingerprint density at radius 2 is 2.20 bits per heavy atom. The van der Waals surface area contributed by atoms with Gasteiger partial charge in [-0.3, -0.25) is 9.59 Å². The second-order valence-corrected chi connectivity index (χ2v) is 3.84. The lowest BCUT2D eigenvalue weighted by atomic mass is 10.0. The Kier molecular flexibility index (Phi) is 4.05. The van der Waals surface area contributed by atoms with E-state index in [1.807, 2.05) is 6.92 Å². The van der Waals surface area contributed by atoms with Crippen LogP contribution in [0.4, 0.5) is 0 Å². The number of hydrogen-bond acceptors (Lipinski definition) is 4. The molecule has 1 aliphatic rings. The summed E-state index contributed by atoms with van der Waals surface area (Å²) in [5.41, 5.74) is -0.246. The molecular formula is C9H16N2O4. The molecule has 0 aliphatic carbocycles. The van der Waals surface area contributed by atoms with E-state index < -0.39 is 5.97 Å². The first kappa shape index (κ1) is 11.9. The molecule has 0 aromatic heterocycles. The van der Waals surface area contributed by atoms with Crippen LogP contribution in [0.3, 0.4) is 0 Å². The minimum Gasteiger partial charge on any atom is -0.481 e. The Labute approximate surface area is 88.0 Å². The van der Waals surface area contributed by atoms with Gasteiger partial charge in [0, 0.05) is 19.6 Å². The third kappa shape index (κ3) is 4.26. The normalized spacial score (nSPS) is 17.9. The van der Waals surface area contributed by atoms with E-state index in [9.17, 15) is 9.59 Å². The Morgan fingerprint density at radius 3 is 2.67 bits per heavy atom. The molecule has 0 atom stereocenters. The molecule has 0 unspecified atom stereocenters. The first-order chi connectivity index (χ1) is 7.02. The van der Waals surface area contributed by atoms with Crippen molar-refractivity contribution in [3.63, 3.8) is 0 Å². The van der Waals surface area contributed by atoms with Crippen LogP contribution in [0.15, 0.2) is 0 Å². The lowest BCUT2D eigenvalue weighted by Gasteiger charge is -2.38. The fourth-order valence-electron chi connectivity index (χ4n) is 1.18. The maximum Gasteiger partial charge on any atom is 0.305 e. The molecule has 6 nitrogen and oxygen atoms in total. The van der Waals surface area contributed by atoms with Gasteiger partial charge in [0.15, 0.2) is 0 Å². The third-order valence-corrected chi connectivity index (χ3v) is 2.21. The van der Waals surface area contributed by atoms with Crippen LogP contribution in [0, 0.1) is 0 Å². The number of carbonyl (C=O) groups is 2. The van der Waals surface area contributed by atoms with Gasteiger partial charge in [-0.1, -0.05) is 0 Å². The minimum atomic E-state index is -0.925. The number of rotatable bonds is 6. The van der Waals surface area contributed by atoms with Crippen LogP contribution < -0.4 is 10.6 Å². The van der Waals surface area contributed by atoms with Crippen molar-refractivity contribution in [1.29, 1.82) is 0 Å². The maximum absolute atomic E-state index is 11.2. The van der Waals surface area contributed by atoms with E-state index >= 15 is 0 Å². The topological polar surface area (TPSA) is 87.7 Å². The number of nitrogens with one attached hydrogen (secondary N) is 2. The molecule has 1 heterocycles. The number of carbonyl (C=O) groups excluding carboxylic acids is 1.